The van der Waals surface area contributed by atoms with Crippen molar-refractivity contribution in [2.24, 2.45) is 0 Å². The van der Waals surface area contributed by atoms with Crippen molar-refractivity contribution >= 4 is 27.2 Å². The number of nitrogens with zero attached hydrogens (tertiary/aromatic N) is 1. The number of aromatic nitrogens is 1. The highest BCUT2D eigenvalue weighted by atomic mass is 32.2. The fourth-order valence-corrected chi connectivity index (χ4v) is 4.00. The molecule has 1 aromatic heterocycles. The smallest absolute Gasteiger partial charge is 0.266 e. The Hall–Kier alpha value is -2.61. The summed E-state index contributed by atoms with van der Waals surface area (Å²) in [6, 6.07) is 15.0. The van der Waals surface area contributed by atoms with Gasteiger partial charge in [-0.1, -0.05) is 63.2 Å². The lowest BCUT2D eigenvalue weighted by atomic mass is 9.87. The van der Waals surface area contributed by atoms with E-state index in [-0.39, 0.29) is 12.0 Å². The van der Waals surface area contributed by atoms with Crippen LogP contribution in [0.15, 0.2) is 60.9 Å². The number of pyridine rings is 1. The molecular weight excluding hydrogens is 400 g/mol. The van der Waals surface area contributed by atoms with E-state index in [9.17, 15) is 13.2 Å². The number of carbonyl (C=O) groups excluding carboxylic acids is 1. The summed E-state index contributed by atoms with van der Waals surface area (Å²) in [7, 11) is -3.95. The lowest BCUT2D eigenvalue weighted by Gasteiger charge is -2.30. The summed E-state index contributed by atoms with van der Waals surface area (Å²) in [5.41, 5.74) is 0.649. The van der Waals surface area contributed by atoms with Gasteiger partial charge in [0.2, 0.25) is 5.72 Å². The maximum atomic E-state index is 12.3. The van der Waals surface area contributed by atoms with Crippen LogP contribution in [0.3, 0.4) is 0 Å². The Kier molecular flexibility index (Phi) is 6.08. The largest absolute Gasteiger partial charge is 0.298 e. The minimum Gasteiger partial charge on any atom is -0.298 e. The van der Waals surface area contributed by atoms with Crippen LogP contribution in [-0.4, -0.2) is 25.9 Å². The van der Waals surface area contributed by atoms with Crippen LogP contribution in [0.1, 0.15) is 37.5 Å². The molecule has 0 aliphatic carbocycles. The normalized spacial score (nSPS) is 14.4. The Balaban J connectivity index is 2.01. The van der Waals surface area contributed by atoms with Crippen molar-refractivity contribution in [1.29, 1.82) is 0 Å². The van der Waals surface area contributed by atoms with Gasteiger partial charge in [-0.05, 0) is 28.0 Å². The SMILES string of the molecule is CC(C)(C)c1ccc(CNC(C=O)(OS(C)(=O)=O)c2cccc3cnccc23)cc1. The third-order valence-electron chi connectivity index (χ3n) is 4.90. The molecular formula is C23H26N2O4S. The van der Waals surface area contributed by atoms with E-state index >= 15 is 0 Å². The molecule has 1 atom stereocenters. The molecule has 1 heterocycles. The first kappa shape index (κ1) is 22.1. The lowest BCUT2D eigenvalue weighted by Crippen LogP contribution is -2.47. The average Bonchev–Trinajstić information content (AvgIpc) is 2.69. The van der Waals surface area contributed by atoms with E-state index in [0.29, 0.717) is 17.2 Å². The quantitative estimate of drug-likeness (QED) is 0.353. The second-order valence-corrected chi connectivity index (χ2v) is 9.92. The van der Waals surface area contributed by atoms with E-state index in [1.165, 1.54) is 5.56 Å². The van der Waals surface area contributed by atoms with Crippen LogP contribution in [0.25, 0.3) is 10.8 Å². The van der Waals surface area contributed by atoms with Crippen LogP contribution in [0.2, 0.25) is 0 Å². The number of fused-ring (bicyclic) bond motifs is 1. The van der Waals surface area contributed by atoms with E-state index in [0.717, 1.165) is 17.2 Å². The highest BCUT2D eigenvalue weighted by Crippen LogP contribution is 2.30. The molecule has 0 fully saturated rings. The first-order chi connectivity index (χ1) is 14.0. The molecule has 0 spiro atoms. The number of hydrogen-bond donors (Lipinski definition) is 1. The van der Waals surface area contributed by atoms with Crippen LogP contribution in [0.5, 0.6) is 0 Å². The minimum absolute atomic E-state index is 0.0227. The number of benzene rings is 2. The third kappa shape index (κ3) is 4.92. The first-order valence-corrected chi connectivity index (χ1v) is 11.4. The van der Waals surface area contributed by atoms with Gasteiger partial charge in [0.15, 0.2) is 6.29 Å². The van der Waals surface area contributed by atoms with Gasteiger partial charge in [0.25, 0.3) is 10.1 Å². The second kappa shape index (κ2) is 8.26. The molecule has 158 valence electrons. The number of carbonyl (C=O) groups is 1. The molecule has 3 rings (SSSR count). The fourth-order valence-electron chi connectivity index (χ4n) is 3.34. The summed E-state index contributed by atoms with van der Waals surface area (Å²) in [5, 5.41) is 4.48. The van der Waals surface area contributed by atoms with Crippen molar-refractivity contribution in [2.75, 3.05) is 6.26 Å². The maximum absolute atomic E-state index is 12.3. The molecule has 7 heteroatoms. The number of nitrogens with one attached hydrogen (secondary N) is 1. The molecule has 0 aliphatic heterocycles. The van der Waals surface area contributed by atoms with Crippen molar-refractivity contribution < 1.29 is 17.4 Å². The van der Waals surface area contributed by atoms with Gasteiger partial charge in [0.1, 0.15) is 0 Å². The van der Waals surface area contributed by atoms with E-state index in [1.807, 2.05) is 30.3 Å². The van der Waals surface area contributed by atoms with Gasteiger partial charge >= 0.3 is 0 Å². The molecule has 2 aromatic carbocycles. The Morgan fingerprint density at radius 3 is 2.37 bits per heavy atom. The molecule has 3 aromatic rings. The number of rotatable bonds is 7. The summed E-state index contributed by atoms with van der Waals surface area (Å²) in [5.74, 6) is 0. The van der Waals surface area contributed by atoms with Crippen LogP contribution in [-0.2, 0) is 36.8 Å². The molecule has 6 nitrogen and oxygen atoms in total. The van der Waals surface area contributed by atoms with E-state index in [4.69, 9.17) is 4.18 Å². The van der Waals surface area contributed by atoms with E-state index < -0.39 is 15.8 Å². The molecule has 0 amide bonds. The van der Waals surface area contributed by atoms with Crippen LogP contribution < -0.4 is 5.32 Å². The standard InChI is InChI=1S/C23H26N2O4S/c1-22(2,3)19-10-8-17(9-11-19)14-25-23(16-26,29-30(4,27)28)21-7-5-6-18-15-24-13-12-20(18)21/h5-13,15-16,25H,14H2,1-4H3. The molecule has 0 saturated carbocycles. The molecule has 30 heavy (non-hydrogen) atoms. The van der Waals surface area contributed by atoms with Crippen molar-refractivity contribution in [2.45, 2.75) is 38.5 Å². The van der Waals surface area contributed by atoms with Gasteiger partial charge in [0.05, 0.1) is 6.26 Å². The summed E-state index contributed by atoms with van der Waals surface area (Å²) in [6.45, 7) is 6.63. The molecule has 1 N–H and O–H groups in total. The predicted molar refractivity (Wildman–Crippen MR) is 117 cm³/mol. The Morgan fingerprint density at radius 2 is 1.77 bits per heavy atom. The Morgan fingerprint density at radius 1 is 1.07 bits per heavy atom. The Bertz CT molecular complexity index is 1150. The van der Waals surface area contributed by atoms with Crippen molar-refractivity contribution in [3.63, 3.8) is 0 Å². The molecule has 0 saturated heterocycles. The van der Waals surface area contributed by atoms with Gasteiger partial charge in [-0.3, -0.25) is 15.1 Å². The molecule has 0 bridgehead atoms. The van der Waals surface area contributed by atoms with E-state index in [2.05, 4.69) is 31.1 Å². The van der Waals surface area contributed by atoms with Crippen molar-refractivity contribution in [3.05, 3.63) is 77.6 Å². The van der Waals surface area contributed by atoms with Gasteiger partial charge in [-0.15, -0.1) is 0 Å². The average molecular weight is 427 g/mol. The summed E-state index contributed by atoms with van der Waals surface area (Å²) in [6.07, 6.45) is 4.66. The maximum Gasteiger partial charge on any atom is 0.266 e. The number of aldehydes is 1. The number of hydrogen-bond acceptors (Lipinski definition) is 6. The monoisotopic (exact) mass is 426 g/mol. The fraction of sp³-hybridized carbons (Fsp3) is 0.304. The zero-order valence-electron chi connectivity index (χ0n) is 17.5. The summed E-state index contributed by atoms with van der Waals surface area (Å²) in [4.78, 5) is 16.4. The summed E-state index contributed by atoms with van der Waals surface area (Å²) < 4.78 is 29.4. The van der Waals surface area contributed by atoms with Gasteiger partial charge in [-0.2, -0.15) is 8.42 Å². The molecule has 0 aliphatic rings. The van der Waals surface area contributed by atoms with Gasteiger partial charge in [0, 0.05) is 29.9 Å². The van der Waals surface area contributed by atoms with E-state index in [1.54, 1.807) is 30.6 Å². The predicted octanol–water partition coefficient (Wildman–Crippen LogP) is 3.65. The van der Waals surface area contributed by atoms with Crippen LogP contribution in [0, 0.1) is 0 Å². The minimum atomic E-state index is -3.95. The highest BCUT2D eigenvalue weighted by Gasteiger charge is 2.38. The topological polar surface area (TPSA) is 85.4 Å². The van der Waals surface area contributed by atoms with Crippen LogP contribution >= 0.6 is 0 Å². The zero-order chi connectivity index (χ0) is 22.0. The zero-order valence-corrected chi connectivity index (χ0v) is 18.4. The Labute approximate surface area is 177 Å². The van der Waals surface area contributed by atoms with Crippen molar-refractivity contribution in [1.82, 2.24) is 10.3 Å². The van der Waals surface area contributed by atoms with Gasteiger partial charge < -0.3 is 0 Å². The highest BCUT2D eigenvalue weighted by molar-refractivity contribution is 7.86. The van der Waals surface area contributed by atoms with Gasteiger partial charge in [-0.25, -0.2) is 4.18 Å². The second-order valence-electron chi connectivity index (χ2n) is 8.34. The lowest BCUT2D eigenvalue weighted by molar-refractivity contribution is -0.124. The summed E-state index contributed by atoms with van der Waals surface area (Å²) >= 11 is 0. The van der Waals surface area contributed by atoms with Crippen molar-refractivity contribution in [3.8, 4) is 0 Å². The third-order valence-corrected chi connectivity index (χ3v) is 5.47. The molecule has 1 unspecified atom stereocenters. The van der Waals surface area contributed by atoms with Crippen LogP contribution in [0.4, 0.5) is 0 Å². The molecule has 0 radical (unpaired) electrons. The first-order valence-electron chi connectivity index (χ1n) is 9.59.